The summed E-state index contributed by atoms with van der Waals surface area (Å²) in [4.78, 5) is 28.2. The Bertz CT molecular complexity index is 1250. The number of carbonyl (C=O) groups excluding carboxylic acids is 1. The predicted octanol–water partition coefficient (Wildman–Crippen LogP) is 6.97. The fourth-order valence-corrected chi connectivity index (χ4v) is 4.54. The molecule has 35 heavy (non-hydrogen) atoms. The lowest BCUT2D eigenvalue weighted by atomic mass is 10.0. The number of carboxylic acids is 1. The molecule has 2 aromatic carbocycles. The molecule has 0 saturated heterocycles. The number of rotatable bonds is 10. The van der Waals surface area contributed by atoms with Gasteiger partial charge < -0.3 is 9.84 Å². The SMILES string of the molecule is CCOCCCc1cccc(-c2csc(NC(=O)c3cc(Cl)c(C=C(C)C(=O)O)c(Cl)c3)n2)c1F. The molecule has 1 aromatic heterocycles. The molecular formula is C25H23Cl2FN2O4S. The number of nitrogens with one attached hydrogen (secondary N) is 1. The molecule has 0 atom stereocenters. The summed E-state index contributed by atoms with van der Waals surface area (Å²) < 4.78 is 20.4. The number of nitrogens with zero attached hydrogens (tertiary/aromatic N) is 1. The Morgan fingerprint density at radius 3 is 2.63 bits per heavy atom. The van der Waals surface area contributed by atoms with Gasteiger partial charge in [0.25, 0.3) is 5.91 Å². The van der Waals surface area contributed by atoms with Gasteiger partial charge in [0.15, 0.2) is 5.13 Å². The van der Waals surface area contributed by atoms with Crippen LogP contribution in [0, 0.1) is 5.82 Å². The number of carbonyl (C=O) groups is 2. The normalized spacial score (nSPS) is 11.5. The molecule has 6 nitrogen and oxygen atoms in total. The molecule has 0 spiro atoms. The van der Waals surface area contributed by atoms with Crippen molar-refractivity contribution < 1.29 is 23.8 Å². The minimum Gasteiger partial charge on any atom is -0.478 e. The molecule has 0 unspecified atom stereocenters. The Kier molecular flexibility index (Phi) is 9.40. The highest BCUT2D eigenvalue weighted by Gasteiger charge is 2.17. The highest BCUT2D eigenvalue weighted by Crippen LogP contribution is 2.31. The van der Waals surface area contributed by atoms with Crippen LogP contribution in [-0.2, 0) is 16.0 Å². The summed E-state index contributed by atoms with van der Waals surface area (Å²) >= 11 is 13.6. The fourth-order valence-electron chi connectivity index (χ4n) is 3.24. The molecule has 0 aliphatic heterocycles. The summed E-state index contributed by atoms with van der Waals surface area (Å²) in [5.74, 6) is -1.96. The number of ether oxygens (including phenoxy) is 1. The van der Waals surface area contributed by atoms with Crippen LogP contribution in [0.3, 0.4) is 0 Å². The van der Waals surface area contributed by atoms with Crippen molar-refractivity contribution >= 4 is 57.6 Å². The summed E-state index contributed by atoms with van der Waals surface area (Å²) in [6, 6.07) is 7.95. The molecule has 0 bridgehead atoms. The van der Waals surface area contributed by atoms with Crippen LogP contribution in [0.15, 0.2) is 41.3 Å². The third-order valence-electron chi connectivity index (χ3n) is 5.06. The zero-order valence-electron chi connectivity index (χ0n) is 19.0. The van der Waals surface area contributed by atoms with Crippen LogP contribution in [0.25, 0.3) is 17.3 Å². The van der Waals surface area contributed by atoms with Crippen LogP contribution >= 0.6 is 34.5 Å². The van der Waals surface area contributed by atoms with E-state index in [1.54, 1.807) is 23.6 Å². The van der Waals surface area contributed by atoms with E-state index in [4.69, 9.17) is 33.0 Å². The number of anilines is 1. The first-order valence-corrected chi connectivity index (χ1v) is 12.4. The first-order valence-electron chi connectivity index (χ1n) is 10.7. The highest BCUT2D eigenvalue weighted by molar-refractivity contribution is 7.14. The summed E-state index contributed by atoms with van der Waals surface area (Å²) in [5.41, 5.74) is 1.87. The second-order valence-electron chi connectivity index (χ2n) is 7.56. The van der Waals surface area contributed by atoms with E-state index < -0.39 is 11.9 Å². The standard InChI is InChI=1S/C25H23Cl2FN2O4S/c1-3-34-9-5-7-15-6-4-8-17(22(15)28)21-13-35-25(29-21)30-23(31)16-11-19(26)18(20(27)12-16)10-14(2)24(32)33/h4,6,8,10-13H,3,5,7,9H2,1-2H3,(H,32,33)(H,29,30,31). The lowest BCUT2D eigenvalue weighted by Gasteiger charge is -2.08. The lowest BCUT2D eigenvalue weighted by molar-refractivity contribution is -0.132. The molecule has 0 saturated carbocycles. The fraction of sp³-hybridized carbons (Fsp3) is 0.240. The third-order valence-corrected chi connectivity index (χ3v) is 6.44. The van der Waals surface area contributed by atoms with Crippen LogP contribution in [-0.4, -0.2) is 35.2 Å². The van der Waals surface area contributed by atoms with E-state index in [9.17, 15) is 9.59 Å². The Morgan fingerprint density at radius 1 is 1.26 bits per heavy atom. The number of benzene rings is 2. The van der Waals surface area contributed by atoms with Crippen LogP contribution in [0.1, 0.15) is 41.8 Å². The van der Waals surface area contributed by atoms with Gasteiger partial charge in [-0.15, -0.1) is 11.3 Å². The van der Waals surface area contributed by atoms with E-state index in [0.29, 0.717) is 48.4 Å². The number of aromatic nitrogens is 1. The van der Waals surface area contributed by atoms with Crippen LogP contribution in [0.2, 0.25) is 10.0 Å². The van der Waals surface area contributed by atoms with Gasteiger partial charge >= 0.3 is 5.97 Å². The molecule has 3 rings (SSSR count). The van der Waals surface area contributed by atoms with Crippen molar-refractivity contribution in [2.75, 3.05) is 18.5 Å². The van der Waals surface area contributed by atoms with Gasteiger partial charge in [0, 0.05) is 40.9 Å². The number of aliphatic carboxylic acids is 1. The zero-order chi connectivity index (χ0) is 25.5. The van der Waals surface area contributed by atoms with Crippen LogP contribution in [0.4, 0.5) is 9.52 Å². The average Bonchev–Trinajstić information content (AvgIpc) is 3.27. The summed E-state index contributed by atoms with van der Waals surface area (Å²) in [7, 11) is 0. The zero-order valence-corrected chi connectivity index (χ0v) is 21.4. The molecule has 184 valence electrons. The van der Waals surface area contributed by atoms with Gasteiger partial charge in [0.1, 0.15) is 5.82 Å². The number of aryl methyl sites for hydroxylation is 1. The maximum Gasteiger partial charge on any atom is 0.331 e. The van der Waals surface area contributed by atoms with E-state index in [0.717, 1.165) is 11.3 Å². The Balaban J connectivity index is 1.76. The number of hydrogen-bond acceptors (Lipinski definition) is 5. The predicted molar refractivity (Wildman–Crippen MR) is 138 cm³/mol. The first-order chi connectivity index (χ1) is 16.7. The molecule has 0 radical (unpaired) electrons. The number of hydrogen-bond donors (Lipinski definition) is 2. The van der Waals surface area contributed by atoms with Gasteiger partial charge in [-0.3, -0.25) is 10.1 Å². The van der Waals surface area contributed by atoms with Crippen molar-refractivity contribution in [1.29, 1.82) is 0 Å². The van der Waals surface area contributed by atoms with E-state index in [1.807, 2.05) is 6.92 Å². The maximum atomic E-state index is 15.0. The molecule has 1 heterocycles. The van der Waals surface area contributed by atoms with Gasteiger partial charge in [-0.05, 0) is 56.5 Å². The minimum atomic E-state index is -1.11. The number of thiazole rings is 1. The van der Waals surface area contributed by atoms with Crippen molar-refractivity contribution in [1.82, 2.24) is 4.98 Å². The van der Waals surface area contributed by atoms with Gasteiger partial charge in [0.05, 0.1) is 15.7 Å². The van der Waals surface area contributed by atoms with Gasteiger partial charge in [-0.1, -0.05) is 35.3 Å². The van der Waals surface area contributed by atoms with Gasteiger partial charge in [-0.2, -0.15) is 0 Å². The van der Waals surface area contributed by atoms with Crippen LogP contribution < -0.4 is 5.32 Å². The van der Waals surface area contributed by atoms with Gasteiger partial charge in [0.2, 0.25) is 0 Å². The number of amides is 1. The molecule has 1 amide bonds. The Hall–Kier alpha value is -2.78. The Morgan fingerprint density at radius 2 is 1.97 bits per heavy atom. The largest absolute Gasteiger partial charge is 0.478 e. The minimum absolute atomic E-state index is 0.0481. The molecule has 0 fully saturated rings. The average molecular weight is 537 g/mol. The molecular weight excluding hydrogens is 514 g/mol. The van der Waals surface area contributed by atoms with Crippen molar-refractivity contribution in [2.45, 2.75) is 26.7 Å². The lowest BCUT2D eigenvalue weighted by Crippen LogP contribution is -2.12. The highest BCUT2D eigenvalue weighted by atomic mass is 35.5. The van der Waals surface area contributed by atoms with E-state index in [-0.39, 0.29) is 32.1 Å². The molecule has 3 aromatic rings. The van der Waals surface area contributed by atoms with Crippen molar-refractivity contribution in [3.05, 3.63) is 73.8 Å². The number of carboxylic acid groups (broad SMARTS) is 1. The van der Waals surface area contributed by atoms with Gasteiger partial charge in [-0.25, -0.2) is 14.2 Å². The monoisotopic (exact) mass is 536 g/mol. The second kappa shape index (κ2) is 12.3. The second-order valence-corrected chi connectivity index (χ2v) is 9.23. The van der Waals surface area contributed by atoms with Crippen LogP contribution in [0.5, 0.6) is 0 Å². The molecule has 0 aliphatic rings. The van der Waals surface area contributed by atoms with E-state index in [2.05, 4.69) is 10.3 Å². The Labute approximate surface area is 216 Å². The topological polar surface area (TPSA) is 88.5 Å². The quantitative estimate of drug-likeness (QED) is 0.216. The van der Waals surface area contributed by atoms with E-state index >= 15 is 4.39 Å². The molecule has 10 heteroatoms. The summed E-state index contributed by atoms with van der Waals surface area (Å²) in [5, 5.41) is 13.9. The van der Waals surface area contributed by atoms with E-state index in [1.165, 1.54) is 25.1 Å². The van der Waals surface area contributed by atoms with Crippen molar-refractivity contribution in [3.8, 4) is 11.3 Å². The summed E-state index contributed by atoms with van der Waals surface area (Å²) in [6.45, 7) is 4.52. The number of halogens is 3. The summed E-state index contributed by atoms with van der Waals surface area (Å²) in [6.07, 6.45) is 2.59. The van der Waals surface area contributed by atoms with Crippen molar-refractivity contribution in [2.24, 2.45) is 0 Å². The third kappa shape index (κ3) is 6.89. The maximum absolute atomic E-state index is 15.0. The first kappa shape index (κ1) is 26.8. The smallest absolute Gasteiger partial charge is 0.331 e. The molecule has 2 N–H and O–H groups in total. The van der Waals surface area contributed by atoms with Crippen molar-refractivity contribution in [3.63, 3.8) is 0 Å². The molecule has 0 aliphatic carbocycles.